The third-order valence-electron chi connectivity index (χ3n) is 4.52. The van der Waals surface area contributed by atoms with Crippen LogP contribution in [0, 0.1) is 0 Å². The van der Waals surface area contributed by atoms with Gasteiger partial charge in [-0.2, -0.15) is 0 Å². The minimum absolute atomic E-state index is 0.0947. The first-order chi connectivity index (χ1) is 11.7. The number of hydrogen-bond acceptors (Lipinski definition) is 4. The normalized spacial score (nSPS) is 21.0. The van der Waals surface area contributed by atoms with Crippen molar-refractivity contribution in [2.24, 2.45) is 4.99 Å². The van der Waals surface area contributed by atoms with E-state index >= 15 is 0 Å². The van der Waals surface area contributed by atoms with E-state index in [0.29, 0.717) is 5.96 Å². The quantitative estimate of drug-likeness (QED) is 0.890. The number of amides is 2. The third-order valence-corrected chi connectivity index (χ3v) is 4.52. The highest BCUT2D eigenvalue weighted by molar-refractivity contribution is 6.06. The zero-order valence-electron chi connectivity index (χ0n) is 14.0. The van der Waals surface area contributed by atoms with Gasteiger partial charge in [-0.1, -0.05) is 25.1 Å². The fourth-order valence-corrected chi connectivity index (χ4v) is 3.16. The van der Waals surface area contributed by atoms with Gasteiger partial charge in [0.15, 0.2) is 0 Å². The number of nitrogens with one attached hydrogen (secondary N) is 2. The second kappa shape index (κ2) is 7.47. The van der Waals surface area contributed by atoms with E-state index in [0.717, 1.165) is 43.6 Å². The molecule has 1 fully saturated rings. The number of anilines is 1. The molecule has 6 nitrogen and oxygen atoms in total. The van der Waals surface area contributed by atoms with Gasteiger partial charge in [0.05, 0.1) is 6.42 Å². The molecule has 0 unspecified atom stereocenters. The molecule has 0 aromatic heterocycles. The van der Waals surface area contributed by atoms with Gasteiger partial charge in [0.25, 0.3) is 0 Å². The van der Waals surface area contributed by atoms with E-state index in [1.807, 2.05) is 31.2 Å². The predicted molar refractivity (Wildman–Crippen MR) is 93.9 cm³/mol. The lowest BCUT2D eigenvalue weighted by molar-refractivity contribution is -0.125. The van der Waals surface area contributed by atoms with Crippen molar-refractivity contribution in [2.75, 3.05) is 18.4 Å². The van der Waals surface area contributed by atoms with Crippen LogP contribution >= 0.6 is 0 Å². The summed E-state index contributed by atoms with van der Waals surface area (Å²) < 4.78 is 0. The van der Waals surface area contributed by atoms with Crippen molar-refractivity contribution in [1.82, 2.24) is 10.2 Å². The van der Waals surface area contributed by atoms with Gasteiger partial charge in [0, 0.05) is 18.8 Å². The van der Waals surface area contributed by atoms with Gasteiger partial charge in [0.2, 0.25) is 17.8 Å². The number of carbonyl (C=O) groups excluding carboxylic acids is 2. The number of rotatable bonds is 3. The number of para-hydroxylation sites is 1. The molecule has 2 aliphatic heterocycles. The van der Waals surface area contributed by atoms with Gasteiger partial charge < -0.3 is 10.2 Å². The van der Waals surface area contributed by atoms with E-state index in [2.05, 4.69) is 20.5 Å². The number of piperidine rings is 1. The molecular formula is C18H24N4O2. The summed E-state index contributed by atoms with van der Waals surface area (Å²) in [7, 11) is 0. The van der Waals surface area contributed by atoms with Crippen LogP contribution in [0.4, 0.5) is 5.69 Å². The summed E-state index contributed by atoms with van der Waals surface area (Å²) in [5.41, 5.74) is 1.87. The summed E-state index contributed by atoms with van der Waals surface area (Å²) in [5.74, 6) is 0.185. The summed E-state index contributed by atoms with van der Waals surface area (Å²) in [5, 5.41) is 5.74. The summed E-state index contributed by atoms with van der Waals surface area (Å²) in [6.45, 7) is 3.81. The smallest absolute Gasteiger partial charge is 0.249 e. The standard InChI is InChI=1S/C18H24N4O2/c1-2-13-8-4-5-9-14(13)19-17(24)15-12-16(23)21-18(20-15)22-10-6-3-7-11-22/h4-5,8-9,15H,2-3,6-7,10-12H2,1H3,(H,19,24)(H,20,21,23)/t15-/m0/s1. The molecule has 1 atom stereocenters. The number of carbonyl (C=O) groups is 2. The first-order valence-electron chi connectivity index (χ1n) is 8.68. The number of aliphatic imine (C=N–C) groups is 1. The van der Waals surface area contributed by atoms with Crippen molar-refractivity contribution in [1.29, 1.82) is 0 Å². The van der Waals surface area contributed by atoms with Crippen LogP contribution in [0.1, 0.15) is 38.2 Å². The maximum absolute atomic E-state index is 12.6. The van der Waals surface area contributed by atoms with Gasteiger partial charge in [-0.25, -0.2) is 4.99 Å². The number of nitrogens with zero attached hydrogens (tertiary/aromatic N) is 2. The molecule has 3 rings (SSSR count). The Morgan fingerprint density at radius 1 is 1.29 bits per heavy atom. The fraction of sp³-hybridized carbons (Fsp3) is 0.500. The van der Waals surface area contributed by atoms with Crippen molar-refractivity contribution in [3.63, 3.8) is 0 Å². The molecule has 0 radical (unpaired) electrons. The topological polar surface area (TPSA) is 73.8 Å². The monoisotopic (exact) mass is 328 g/mol. The lowest BCUT2D eigenvalue weighted by atomic mass is 10.1. The lowest BCUT2D eigenvalue weighted by Crippen LogP contribution is -2.51. The number of aryl methyl sites for hydroxylation is 1. The Kier molecular flexibility index (Phi) is 5.13. The predicted octanol–water partition coefficient (Wildman–Crippen LogP) is 1.92. The van der Waals surface area contributed by atoms with E-state index in [4.69, 9.17) is 0 Å². The van der Waals surface area contributed by atoms with E-state index < -0.39 is 6.04 Å². The molecule has 0 saturated carbocycles. The molecule has 0 aliphatic carbocycles. The van der Waals surface area contributed by atoms with Crippen LogP contribution in [0.5, 0.6) is 0 Å². The average molecular weight is 328 g/mol. The highest BCUT2D eigenvalue weighted by Gasteiger charge is 2.29. The van der Waals surface area contributed by atoms with Crippen molar-refractivity contribution >= 4 is 23.5 Å². The molecule has 2 heterocycles. The summed E-state index contributed by atoms with van der Waals surface area (Å²) in [4.78, 5) is 31.2. The summed E-state index contributed by atoms with van der Waals surface area (Å²) in [6, 6.07) is 7.06. The van der Waals surface area contributed by atoms with E-state index in [-0.39, 0.29) is 18.2 Å². The number of guanidine groups is 1. The Hall–Kier alpha value is -2.37. The molecule has 24 heavy (non-hydrogen) atoms. The maximum Gasteiger partial charge on any atom is 0.249 e. The first kappa shape index (κ1) is 16.5. The Balaban J connectivity index is 1.74. The minimum atomic E-state index is -0.666. The molecule has 0 bridgehead atoms. The summed E-state index contributed by atoms with van der Waals surface area (Å²) >= 11 is 0. The van der Waals surface area contributed by atoms with Crippen LogP contribution in [-0.4, -0.2) is 41.8 Å². The second-order valence-corrected chi connectivity index (χ2v) is 6.27. The molecule has 128 valence electrons. The molecular weight excluding hydrogens is 304 g/mol. The van der Waals surface area contributed by atoms with Crippen LogP contribution in [0.3, 0.4) is 0 Å². The van der Waals surface area contributed by atoms with Crippen LogP contribution in [-0.2, 0) is 16.0 Å². The number of benzene rings is 1. The maximum atomic E-state index is 12.6. The van der Waals surface area contributed by atoms with Crippen molar-refractivity contribution in [3.8, 4) is 0 Å². The molecule has 6 heteroatoms. The zero-order chi connectivity index (χ0) is 16.9. The first-order valence-corrected chi connectivity index (χ1v) is 8.68. The van der Waals surface area contributed by atoms with Crippen molar-refractivity contribution in [3.05, 3.63) is 29.8 Å². The third kappa shape index (κ3) is 3.75. The highest BCUT2D eigenvalue weighted by Crippen LogP contribution is 2.18. The highest BCUT2D eigenvalue weighted by atomic mass is 16.2. The minimum Gasteiger partial charge on any atom is -0.343 e. The largest absolute Gasteiger partial charge is 0.343 e. The van der Waals surface area contributed by atoms with Crippen LogP contribution < -0.4 is 10.6 Å². The fourth-order valence-electron chi connectivity index (χ4n) is 3.16. The van der Waals surface area contributed by atoms with Crippen LogP contribution in [0.15, 0.2) is 29.3 Å². The molecule has 1 aromatic carbocycles. The average Bonchev–Trinajstić information content (AvgIpc) is 2.62. The van der Waals surface area contributed by atoms with E-state index in [1.165, 1.54) is 6.42 Å². The Bertz CT molecular complexity index is 650. The molecule has 2 N–H and O–H groups in total. The zero-order valence-corrected chi connectivity index (χ0v) is 14.0. The number of hydrogen-bond donors (Lipinski definition) is 2. The van der Waals surface area contributed by atoms with E-state index in [1.54, 1.807) is 0 Å². The van der Waals surface area contributed by atoms with Crippen LogP contribution in [0.25, 0.3) is 0 Å². The van der Waals surface area contributed by atoms with Gasteiger partial charge in [-0.15, -0.1) is 0 Å². The Morgan fingerprint density at radius 2 is 2.04 bits per heavy atom. The Labute approximate surface area is 142 Å². The molecule has 0 spiro atoms. The SMILES string of the molecule is CCc1ccccc1NC(=O)[C@@H]1CC(=O)NC(N2CCCCC2)=N1. The molecule has 2 aliphatic rings. The summed E-state index contributed by atoms with van der Waals surface area (Å²) in [6.07, 6.45) is 4.32. The van der Waals surface area contributed by atoms with Gasteiger partial charge in [0.1, 0.15) is 6.04 Å². The Morgan fingerprint density at radius 3 is 2.79 bits per heavy atom. The van der Waals surface area contributed by atoms with Crippen LogP contribution in [0.2, 0.25) is 0 Å². The molecule has 1 aromatic rings. The van der Waals surface area contributed by atoms with E-state index in [9.17, 15) is 9.59 Å². The van der Waals surface area contributed by atoms with Crippen molar-refractivity contribution in [2.45, 2.75) is 45.1 Å². The number of likely N-dealkylation sites (tertiary alicyclic amines) is 1. The molecule has 1 saturated heterocycles. The van der Waals surface area contributed by atoms with Gasteiger partial charge in [-0.05, 0) is 37.3 Å². The molecule has 2 amide bonds. The van der Waals surface area contributed by atoms with Crippen molar-refractivity contribution < 1.29 is 9.59 Å². The van der Waals surface area contributed by atoms with Gasteiger partial charge >= 0.3 is 0 Å². The second-order valence-electron chi connectivity index (χ2n) is 6.27. The van der Waals surface area contributed by atoms with Gasteiger partial charge in [-0.3, -0.25) is 14.9 Å². The lowest BCUT2D eigenvalue weighted by Gasteiger charge is -2.32.